The molecular formula is C13H24. The van der Waals surface area contributed by atoms with E-state index in [4.69, 9.17) is 0 Å². The predicted octanol–water partition coefficient (Wildman–Crippen LogP) is 4.10. The highest BCUT2D eigenvalue weighted by atomic mass is 14.5. The zero-order valence-corrected chi connectivity index (χ0v) is 9.42. The summed E-state index contributed by atoms with van der Waals surface area (Å²) >= 11 is 0. The van der Waals surface area contributed by atoms with Crippen molar-refractivity contribution < 1.29 is 0 Å². The van der Waals surface area contributed by atoms with Gasteiger partial charge in [-0.2, -0.15) is 0 Å². The van der Waals surface area contributed by atoms with Crippen LogP contribution in [0.3, 0.4) is 0 Å². The van der Waals surface area contributed by atoms with Crippen LogP contribution in [0.4, 0.5) is 0 Å². The van der Waals surface area contributed by atoms with E-state index in [-0.39, 0.29) is 0 Å². The van der Waals surface area contributed by atoms with Crippen molar-refractivity contribution in [3.8, 4) is 0 Å². The summed E-state index contributed by atoms with van der Waals surface area (Å²) in [7, 11) is 0. The van der Waals surface area contributed by atoms with E-state index in [1.165, 1.54) is 19.3 Å². The second-order valence-electron chi connectivity index (χ2n) is 5.39. The Labute approximate surface area is 83.1 Å². The van der Waals surface area contributed by atoms with Crippen molar-refractivity contribution in [1.82, 2.24) is 0 Å². The first-order valence-corrected chi connectivity index (χ1v) is 6.27. The average molecular weight is 180 g/mol. The predicted molar refractivity (Wildman–Crippen MR) is 57.6 cm³/mol. The van der Waals surface area contributed by atoms with Gasteiger partial charge in [-0.3, -0.25) is 0 Å². The van der Waals surface area contributed by atoms with E-state index in [1.807, 2.05) is 0 Å². The first-order valence-electron chi connectivity index (χ1n) is 6.27. The van der Waals surface area contributed by atoms with Gasteiger partial charge in [0.2, 0.25) is 0 Å². The number of rotatable bonds is 2. The van der Waals surface area contributed by atoms with Crippen LogP contribution in [0.25, 0.3) is 0 Å². The van der Waals surface area contributed by atoms with Gasteiger partial charge in [-0.25, -0.2) is 0 Å². The van der Waals surface area contributed by atoms with Crippen LogP contribution in [-0.2, 0) is 0 Å². The molecule has 0 heterocycles. The molecule has 2 aliphatic rings. The molecule has 0 amide bonds. The van der Waals surface area contributed by atoms with Crippen molar-refractivity contribution in [2.45, 2.75) is 52.9 Å². The van der Waals surface area contributed by atoms with Crippen LogP contribution in [0.2, 0.25) is 0 Å². The molecule has 2 rings (SSSR count). The Hall–Kier alpha value is 0. The molecule has 2 saturated carbocycles. The molecule has 0 aromatic heterocycles. The Bertz CT molecular complexity index is 167. The van der Waals surface area contributed by atoms with Crippen molar-refractivity contribution in [1.29, 1.82) is 0 Å². The van der Waals surface area contributed by atoms with Crippen LogP contribution in [0.15, 0.2) is 0 Å². The second-order valence-corrected chi connectivity index (χ2v) is 5.39. The second kappa shape index (κ2) is 3.63. The minimum absolute atomic E-state index is 1.02. The van der Waals surface area contributed by atoms with Gasteiger partial charge < -0.3 is 0 Å². The molecule has 5 unspecified atom stereocenters. The van der Waals surface area contributed by atoms with Gasteiger partial charge in [0, 0.05) is 0 Å². The standard InChI is InChI=1S/C13H24/c1-4-10-11(5-2)13-8-9(3)6-7-12(10)13/h9-13H,4-8H2,1-3H3. The Kier molecular flexibility index (Phi) is 2.67. The van der Waals surface area contributed by atoms with Gasteiger partial charge >= 0.3 is 0 Å². The van der Waals surface area contributed by atoms with Crippen molar-refractivity contribution in [2.75, 3.05) is 0 Å². The highest BCUT2D eigenvalue weighted by molar-refractivity contribution is 4.98. The van der Waals surface area contributed by atoms with E-state index < -0.39 is 0 Å². The van der Waals surface area contributed by atoms with Gasteiger partial charge in [-0.1, -0.05) is 40.0 Å². The average Bonchev–Trinajstić information content (AvgIpc) is 2.11. The summed E-state index contributed by atoms with van der Waals surface area (Å²) in [6, 6.07) is 0. The molecule has 0 bridgehead atoms. The van der Waals surface area contributed by atoms with E-state index in [0.717, 1.165) is 29.6 Å². The zero-order chi connectivity index (χ0) is 9.42. The summed E-state index contributed by atoms with van der Waals surface area (Å²) in [5.41, 5.74) is 0. The fraction of sp³-hybridized carbons (Fsp3) is 1.00. The van der Waals surface area contributed by atoms with Crippen molar-refractivity contribution in [3.05, 3.63) is 0 Å². The molecule has 0 spiro atoms. The van der Waals surface area contributed by atoms with Crippen LogP contribution in [-0.4, -0.2) is 0 Å². The lowest BCUT2D eigenvalue weighted by molar-refractivity contribution is -0.0699. The van der Waals surface area contributed by atoms with E-state index in [2.05, 4.69) is 20.8 Å². The third kappa shape index (κ3) is 1.43. The maximum Gasteiger partial charge on any atom is -0.0349 e. The highest BCUT2D eigenvalue weighted by Crippen LogP contribution is 2.57. The molecule has 13 heavy (non-hydrogen) atoms. The molecule has 0 aromatic rings. The lowest BCUT2D eigenvalue weighted by Crippen LogP contribution is -2.49. The Balaban J connectivity index is 1.99. The van der Waals surface area contributed by atoms with E-state index >= 15 is 0 Å². The molecule has 5 atom stereocenters. The summed E-state index contributed by atoms with van der Waals surface area (Å²) in [4.78, 5) is 0. The number of fused-ring (bicyclic) bond motifs is 1. The summed E-state index contributed by atoms with van der Waals surface area (Å²) in [6.45, 7) is 7.23. The fourth-order valence-corrected chi connectivity index (χ4v) is 4.17. The summed E-state index contributed by atoms with van der Waals surface area (Å²) in [5.74, 6) is 5.47. The molecule has 2 fully saturated rings. The number of hydrogen-bond donors (Lipinski definition) is 0. The molecule has 0 radical (unpaired) electrons. The quantitative estimate of drug-likeness (QED) is 0.600. The summed E-state index contributed by atoms with van der Waals surface area (Å²) < 4.78 is 0. The lowest BCUT2D eigenvalue weighted by Gasteiger charge is -2.56. The number of hydrogen-bond acceptors (Lipinski definition) is 0. The fourth-order valence-electron chi connectivity index (χ4n) is 4.17. The highest BCUT2D eigenvalue weighted by Gasteiger charge is 2.49. The van der Waals surface area contributed by atoms with Gasteiger partial charge in [0.1, 0.15) is 0 Å². The molecule has 0 saturated heterocycles. The minimum atomic E-state index is 1.02. The first kappa shape index (κ1) is 9.55. The smallest absolute Gasteiger partial charge is 0.0349 e. The SMILES string of the molecule is CCC1C(CC)C2CC(C)CCC12. The summed E-state index contributed by atoms with van der Waals surface area (Å²) in [6.07, 6.45) is 7.47. The van der Waals surface area contributed by atoms with Crippen molar-refractivity contribution in [3.63, 3.8) is 0 Å². The van der Waals surface area contributed by atoms with Gasteiger partial charge in [-0.05, 0) is 42.4 Å². The van der Waals surface area contributed by atoms with Crippen LogP contribution >= 0.6 is 0 Å². The molecule has 0 aromatic carbocycles. The largest absolute Gasteiger partial charge is 0.0651 e. The first-order chi connectivity index (χ1) is 6.27. The minimum Gasteiger partial charge on any atom is -0.0651 e. The lowest BCUT2D eigenvalue weighted by atomic mass is 9.49. The van der Waals surface area contributed by atoms with Crippen molar-refractivity contribution in [2.24, 2.45) is 29.6 Å². The third-order valence-corrected chi connectivity index (χ3v) is 4.81. The topological polar surface area (TPSA) is 0 Å². The molecular weight excluding hydrogens is 156 g/mol. The van der Waals surface area contributed by atoms with E-state index in [1.54, 1.807) is 12.8 Å². The van der Waals surface area contributed by atoms with E-state index in [0.29, 0.717) is 0 Å². The Morgan fingerprint density at radius 1 is 0.923 bits per heavy atom. The maximum atomic E-state index is 2.45. The van der Waals surface area contributed by atoms with Crippen LogP contribution in [0.5, 0.6) is 0 Å². The molecule has 0 aliphatic heterocycles. The zero-order valence-electron chi connectivity index (χ0n) is 9.42. The van der Waals surface area contributed by atoms with Crippen molar-refractivity contribution >= 4 is 0 Å². The van der Waals surface area contributed by atoms with Gasteiger partial charge in [0.25, 0.3) is 0 Å². The summed E-state index contributed by atoms with van der Waals surface area (Å²) in [5, 5.41) is 0. The Morgan fingerprint density at radius 2 is 1.54 bits per heavy atom. The van der Waals surface area contributed by atoms with E-state index in [9.17, 15) is 0 Å². The van der Waals surface area contributed by atoms with Gasteiger partial charge in [0.05, 0.1) is 0 Å². The Morgan fingerprint density at radius 3 is 2.15 bits per heavy atom. The molecule has 76 valence electrons. The van der Waals surface area contributed by atoms with Gasteiger partial charge in [-0.15, -0.1) is 0 Å². The third-order valence-electron chi connectivity index (χ3n) is 4.81. The van der Waals surface area contributed by atoms with Crippen LogP contribution in [0.1, 0.15) is 52.9 Å². The molecule has 0 heteroatoms. The molecule has 2 aliphatic carbocycles. The van der Waals surface area contributed by atoms with Crippen LogP contribution in [0, 0.1) is 29.6 Å². The van der Waals surface area contributed by atoms with Gasteiger partial charge in [0.15, 0.2) is 0 Å². The monoisotopic (exact) mass is 180 g/mol. The molecule has 0 nitrogen and oxygen atoms in total. The molecule has 0 N–H and O–H groups in total. The maximum absolute atomic E-state index is 2.45. The van der Waals surface area contributed by atoms with Crippen LogP contribution < -0.4 is 0 Å². The normalized spacial score (nSPS) is 49.6.